The highest BCUT2D eigenvalue weighted by Crippen LogP contribution is 2.25. The van der Waals surface area contributed by atoms with Gasteiger partial charge in [0, 0.05) is 30.6 Å². The lowest BCUT2D eigenvalue weighted by Crippen LogP contribution is -2.25. The van der Waals surface area contributed by atoms with Crippen LogP contribution in [0, 0.1) is 12.8 Å². The third-order valence-electron chi connectivity index (χ3n) is 2.58. The van der Waals surface area contributed by atoms with Crippen LogP contribution in [0.2, 0.25) is 5.28 Å². The first-order valence-corrected chi connectivity index (χ1v) is 5.42. The third kappa shape index (κ3) is 2.07. The van der Waals surface area contributed by atoms with Gasteiger partial charge >= 0.3 is 0 Å². The Morgan fingerprint density at radius 1 is 1.62 bits per heavy atom. The molecule has 0 spiro atoms. The molecule has 4 nitrogen and oxygen atoms in total. The molecule has 0 N–H and O–H groups in total. The maximum absolute atomic E-state index is 11.7. The Morgan fingerprint density at radius 3 is 2.94 bits per heavy atom. The number of nitrogens with zero attached hydrogens (tertiary/aromatic N) is 3. The second kappa shape index (κ2) is 4.22. The monoisotopic (exact) mass is 237 g/mol. The average Bonchev–Trinajstić information content (AvgIpc) is 2.58. The fraction of sp³-hybridized carbons (Fsp3) is 0.364. The number of hydrogen-bond donors (Lipinski definition) is 0. The standard InChI is InChI=1S/C11H12ClN3O/c1-3-8-5-10(16)15(6-8)9-4-7(2)13-11(12)14-9/h3-4,8H,1,5-6H2,2H3. The molecule has 1 aliphatic heterocycles. The van der Waals surface area contributed by atoms with Gasteiger partial charge in [-0.1, -0.05) is 6.08 Å². The highest BCUT2D eigenvalue weighted by atomic mass is 35.5. The molecule has 1 aromatic heterocycles. The lowest BCUT2D eigenvalue weighted by molar-refractivity contribution is -0.117. The summed E-state index contributed by atoms with van der Waals surface area (Å²) >= 11 is 5.77. The Kier molecular flexibility index (Phi) is 2.92. The summed E-state index contributed by atoms with van der Waals surface area (Å²) in [5, 5.41) is 0.171. The largest absolute Gasteiger partial charge is 0.296 e. The van der Waals surface area contributed by atoms with Gasteiger partial charge in [0.2, 0.25) is 11.2 Å². The van der Waals surface area contributed by atoms with Crippen LogP contribution in [0.3, 0.4) is 0 Å². The normalized spacial score (nSPS) is 20.2. The quantitative estimate of drug-likeness (QED) is 0.584. The van der Waals surface area contributed by atoms with E-state index >= 15 is 0 Å². The number of carbonyl (C=O) groups excluding carboxylic acids is 1. The second-order valence-corrected chi connectivity index (χ2v) is 4.18. The highest BCUT2D eigenvalue weighted by Gasteiger charge is 2.29. The van der Waals surface area contributed by atoms with Crippen molar-refractivity contribution >= 4 is 23.3 Å². The van der Waals surface area contributed by atoms with E-state index in [1.165, 1.54) is 0 Å². The van der Waals surface area contributed by atoms with Crippen molar-refractivity contribution in [1.29, 1.82) is 0 Å². The minimum atomic E-state index is 0.0547. The highest BCUT2D eigenvalue weighted by molar-refractivity contribution is 6.28. The first-order valence-electron chi connectivity index (χ1n) is 5.04. The summed E-state index contributed by atoms with van der Waals surface area (Å²) in [5.74, 6) is 0.826. The number of anilines is 1. The van der Waals surface area contributed by atoms with Crippen molar-refractivity contribution in [3.8, 4) is 0 Å². The molecule has 1 atom stereocenters. The van der Waals surface area contributed by atoms with Crippen LogP contribution >= 0.6 is 11.6 Å². The van der Waals surface area contributed by atoms with Gasteiger partial charge in [-0.3, -0.25) is 9.69 Å². The van der Waals surface area contributed by atoms with Crippen LogP contribution in [-0.4, -0.2) is 22.4 Å². The van der Waals surface area contributed by atoms with Crippen LogP contribution in [0.1, 0.15) is 12.1 Å². The molecule has 2 rings (SSSR count). The van der Waals surface area contributed by atoms with Crippen LogP contribution in [-0.2, 0) is 4.79 Å². The van der Waals surface area contributed by atoms with Crippen LogP contribution in [0.15, 0.2) is 18.7 Å². The number of halogens is 1. The summed E-state index contributed by atoms with van der Waals surface area (Å²) in [7, 11) is 0. The van der Waals surface area contributed by atoms with Crippen LogP contribution in [0.25, 0.3) is 0 Å². The minimum absolute atomic E-state index is 0.0547. The van der Waals surface area contributed by atoms with Crippen molar-refractivity contribution in [1.82, 2.24) is 9.97 Å². The summed E-state index contributed by atoms with van der Waals surface area (Å²) in [6, 6.07) is 1.76. The number of amides is 1. The van der Waals surface area contributed by atoms with Gasteiger partial charge in [-0.2, -0.15) is 0 Å². The van der Waals surface area contributed by atoms with E-state index < -0.39 is 0 Å². The molecular formula is C11H12ClN3O. The molecule has 0 aromatic carbocycles. The van der Waals surface area contributed by atoms with E-state index in [9.17, 15) is 4.79 Å². The fourth-order valence-corrected chi connectivity index (χ4v) is 1.99. The lowest BCUT2D eigenvalue weighted by Gasteiger charge is -2.15. The van der Waals surface area contributed by atoms with Gasteiger partial charge in [0.25, 0.3) is 0 Å². The zero-order valence-electron chi connectivity index (χ0n) is 8.98. The molecule has 1 aromatic rings. The van der Waals surface area contributed by atoms with E-state index in [-0.39, 0.29) is 17.1 Å². The summed E-state index contributed by atoms with van der Waals surface area (Å²) < 4.78 is 0. The van der Waals surface area contributed by atoms with Gasteiger partial charge in [0.15, 0.2) is 0 Å². The number of aromatic nitrogens is 2. The smallest absolute Gasteiger partial charge is 0.228 e. The fourth-order valence-electron chi connectivity index (χ4n) is 1.77. The number of aryl methyl sites for hydroxylation is 1. The molecule has 0 saturated carbocycles. The van der Waals surface area contributed by atoms with E-state index in [4.69, 9.17) is 11.6 Å². The van der Waals surface area contributed by atoms with Crippen molar-refractivity contribution in [2.24, 2.45) is 5.92 Å². The molecule has 0 radical (unpaired) electrons. The van der Waals surface area contributed by atoms with Crippen molar-refractivity contribution < 1.29 is 4.79 Å². The predicted octanol–water partition coefficient (Wildman–Crippen LogP) is 1.98. The molecule has 16 heavy (non-hydrogen) atoms. The molecule has 84 valence electrons. The molecule has 0 bridgehead atoms. The lowest BCUT2D eigenvalue weighted by atomic mass is 10.1. The SMILES string of the molecule is C=CC1CC(=O)N(c2cc(C)nc(Cl)n2)C1. The predicted molar refractivity (Wildman–Crippen MR) is 62.4 cm³/mol. The Hall–Kier alpha value is -1.42. The van der Waals surface area contributed by atoms with Gasteiger partial charge in [-0.15, -0.1) is 6.58 Å². The van der Waals surface area contributed by atoms with Crippen LogP contribution in [0.5, 0.6) is 0 Å². The first kappa shape index (κ1) is 11.1. The molecular weight excluding hydrogens is 226 g/mol. The van der Waals surface area contributed by atoms with Gasteiger partial charge in [-0.05, 0) is 18.5 Å². The molecule has 1 amide bonds. The molecule has 2 heterocycles. The topological polar surface area (TPSA) is 46.1 Å². The van der Waals surface area contributed by atoms with Gasteiger partial charge in [0.05, 0.1) is 0 Å². The second-order valence-electron chi connectivity index (χ2n) is 3.84. The molecule has 0 aliphatic carbocycles. The van der Waals surface area contributed by atoms with E-state index in [2.05, 4.69) is 16.5 Å². The maximum atomic E-state index is 11.7. The van der Waals surface area contributed by atoms with Crippen molar-refractivity contribution in [3.05, 3.63) is 29.7 Å². The Labute approximate surface area is 99.0 Å². The zero-order chi connectivity index (χ0) is 11.7. The summed E-state index contributed by atoms with van der Waals surface area (Å²) in [5.41, 5.74) is 0.754. The van der Waals surface area contributed by atoms with Gasteiger partial charge in [-0.25, -0.2) is 9.97 Å². The number of carbonyl (C=O) groups is 1. The molecule has 5 heteroatoms. The zero-order valence-corrected chi connectivity index (χ0v) is 9.74. The Bertz CT molecular complexity index is 427. The van der Waals surface area contributed by atoms with E-state index in [1.54, 1.807) is 17.0 Å². The summed E-state index contributed by atoms with van der Waals surface area (Å²) in [4.78, 5) is 21.4. The van der Waals surface area contributed by atoms with Crippen molar-refractivity contribution in [3.63, 3.8) is 0 Å². The molecule has 1 saturated heterocycles. The molecule has 1 fully saturated rings. The van der Waals surface area contributed by atoms with Gasteiger partial charge < -0.3 is 0 Å². The molecule has 1 unspecified atom stereocenters. The van der Waals surface area contributed by atoms with Crippen LogP contribution in [0.4, 0.5) is 5.82 Å². The average molecular weight is 238 g/mol. The van der Waals surface area contributed by atoms with Crippen molar-refractivity contribution in [2.75, 3.05) is 11.4 Å². The summed E-state index contributed by atoms with van der Waals surface area (Å²) in [6.45, 7) is 6.14. The van der Waals surface area contributed by atoms with E-state index in [1.807, 2.05) is 6.92 Å². The van der Waals surface area contributed by atoms with Crippen molar-refractivity contribution in [2.45, 2.75) is 13.3 Å². The minimum Gasteiger partial charge on any atom is -0.296 e. The Balaban J connectivity index is 2.30. The Morgan fingerprint density at radius 2 is 2.38 bits per heavy atom. The van der Waals surface area contributed by atoms with Crippen LogP contribution < -0.4 is 4.90 Å². The van der Waals surface area contributed by atoms with E-state index in [0.29, 0.717) is 18.8 Å². The van der Waals surface area contributed by atoms with Gasteiger partial charge in [0.1, 0.15) is 5.82 Å². The van der Waals surface area contributed by atoms with E-state index in [0.717, 1.165) is 5.69 Å². The maximum Gasteiger partial charge on any atom is 0.228 e. The molecule has 1 aliphatic rings. The third-order valence-corrected chi connectivity index (χ3v) is 2.75. The number of hydrogen-bond acceptors (Lipinski definition) is 3. The summed E-state index contributed by atoms with van der Waals surface area (Å²) in [6.07, 6.45) is 2.29. The number of rotatable bonds is 2. The first-order chi connectivity index (χ1) is 7.60.